The first kappa shape index (κ1) is 20.8. The Kier molecular flexibility index (Phi) is 6.20. The molecule has 3 aromatic rings. The number of rotatable bonds is 7. The summed E-state index contributed by atoms with van der Waals surface area (Å²) in [4.78, 5) is 12.8. The Bertz CT molecular complexity index is 1150. The highest BCUT2D eigenvalue weighted by Crippen LogP contribution is 2.27. The molecule has 0 heterocycles. The first-order valence-electron chi connectivity index (χ1n) is 8.66. The molecule has 0 atom stereocenters. The third kappa shape index (κ3) is 4.75. The van der Waals surface area contributed by atoms with E-state index in [1.807, 2.05) is 6.92 Å². The summed E-state index contributed by atoms with van der Waals surface area (Å²) >= 11 is 5.99. The van der Waals surface area contributed by atoms with Crippen LogP contribution in [0.4, 0.5) is 10.1 Å². The molecule has 0 aliphatic carbocycles. The van der Waals surface area contributed by atoms with E-state index < -0.39 is 21.6 Å². The lowest BCUT2D eigenvalue weighted by atomic mass is 10.0. The Morgan fingerprint density at radius 2 is 1.72 bits per heavy atom. The summed E-state index contributed by atoms with van der Waals surface area (Å²) in [5.41, 5.74) is -0.245. The van der Waals surface area contributed by atoms with Crippen molar-refractivity contribution in [2.24, 2.45) is 0 Å². The summed E-state index contributed by atoms with van der Waals surface area (Å²) < 4.78 is 47.3. The van der Waals surface area contributed by atoms with Gasteiger partial charge in [-0.1, -0.05) is 23.7 Å². The molecule has 8 heteroatoms. The van der Waals surface area contributed by atoms with Gasteiger partial charge in [-0.2, -0.15) is 0 Å². The van der Waals surface area contributed by atoms with Gasteiger partial charge in [0.1, 0.15) is 11.6 Å². The van der Waals surface area contributed by atoms with E-state index in [2.05, 4.69) is 4.72 Å². The summed E-state index contributed by atoms with van der Waals surface area (Å²) in [7, 11) is -4.00. The molecular weight excluding hydrogens is 417 g/mol. The molecule has 0 radical (unpaired) electrons. The van der Waals surface area contributed by atoms with Gasteiger partial charge in [0.15, 0.2) is 5.78 Å². The van der Waals surface area contributed by atoms with Crippen LogP contribution >= 0.6 is 11.6 Å². The fourth-order valence-electron chi connectivity index (χ4n) is 2.67. The molecule has 0 spiro atoms. The Hall–Kier alpha value is -2.90. The first-order valence-corrected chi connectivity index (χ1v) is 10.5. The summed E-state index contributed by atoms with van der Waals surface area (Å²) in [5.74, 6) is -0.860. The number of carbonyl (C=O) groups excluding carboxylic acids is 1. The SMILES string of the molecule is CCOc1ccc(S(=O)(=O)Nc2ccc(Cl)cc2C(=O)c2ccccc2F)cc1. The normalized spacial score (nSPS) is 11.1. The Labute approximate surface area is 173 Å². The van der Waals surface area contributed by atoms with Crippen LogP contribution < -0.4 is 9.46 Å². The van der Waals surface area contributed by atoms with Crippen molar-refractivity contribution >= 4 is 33.1 Å². The van der Waals surface area contributed by atoms with Crippen molar-refractivity contribution in [3.05, 3.63) is 88.7 Å². The van der Waals surface area contributed by atoms with E-state index in [1.54, 1.807) is 0 Å². The second-order valence-corrected chi connectivity index (χ2v) is 8.13. The third-order valence-corrected chi connectivity index (χ3v) is 5.65. The van der Waals surface area contributed by atoms with Gasteiger partial charge in [-0.3, -0.25) is 9.52 Å². The second-order valence-electron chi connectivity index (χ2n) is 6.01. The van der Waals surface area contributed by atoms with Crippen molar-refractivity contribution in [1.82, 2.24) is 0 Å². The van der Waals surface area contributed by atoms with Crippen LogP contribution in [0, 0.1) is 5.82 Å². The van der Waals surface area contributed by atoms with Crippen LogP contribution in [0.5, 0.6) is 5.75 Å². The molecule has 0 aliphatic heterocycles. The van der Waals surface area contributed by atoms with Crippen molar-refractivity contribution < 1.29 is 22.3 Å². The molecule has 3 aromatic carbocycles. The molecule has 0 amide bonds. The molecule has 0 saturated carbocycles. The van der Waals surface area contributed by atoms with Crippen LogP contribution in [0.3, 0.4) is 0 Å². The van der Waals surface area contributed by atoms with Gasteiger partial charge in [-0.25, -0.2) is 12.8 Å². The van der Waals surface area contributed by atoms with E-state index in [4.69, 9.17) is 16.3 Å². The van der Waals surface area contributed by atoms with Crippen molar-refractivity contribution in [3.8, 4) is 5.75 Å². The fourth-order valence-corrected chi connectivity index (χ4v) is 3.92. The van der Waals surface area contributed by atoms with Crippen molar-refractivity contribution in [2.45, 2.75) is 11.8 Å². The lowest BCUT2D eigenvalue weighted by Gasteiger charge is -2.13. The third-order valence-electron chi connectivity index (χ3n) is 4.03. The minimum atomic E-state index is -4.00. The molecule has 5 nitrogen and oxygen atoms in total. The van der Waals surface area contributed by atoms with Crippen molar-refractivity contribution in [2.75, 3.05) is 11.3 Å². The zero-order chi connectivity index (χ0) is 21.0. The summed E-state index contributed by atoms with van der Waals surface area (Å²) in [6, 6.07) is 15.4. The molecule has 3 rings (SSSR count). The summed E-state index contributed by atoms with van der Waals surface area (Å²) in [6.45, 7) is 2.28. The highest BCUT2D eigenvalue weighted by atomic mass is 35.5. The number of ether oxygens (including phenoxy) is 1. The van der Waals surface area contributed by atoms with Gasteiger partial charge in [0.05, 0.1) is 22.8 Å². The van der Waals surface area contributed by atoms with Crippen LogP contribution in [0.2, 0.25) is 5.02 Å². The number of carbonyl (C=O) groups is 1. The minimum Gasteiger partial charge on any atom is -0.494 e. The average molecular weight is 434 g/mol. The number of benzene rings is 3. The zero-order valence-corrected chi connectivity index (χ0v) is 16.9. The number of halogens is 2. The standard InChI is InChI=1S/C21H17ClFNO4S/c1-2-28-15-8-10-16(11-9-15)29(26,27)24-20-12-7-14(22)13-18(20)21(25)17-5-3-4-6-19(17)23/h3-13,24H,2H2,1H3. The Balaban J connectivity index is 1.97. The van der Waals surface area contributed by atoms with Gasteiger partial charge < -0.3 is 4.74 Å². The van der Waals surface area contributed by atoms with E-state index in [0.717, 1.165) is 6.07 Å². The number of sulfonamides is 1. The zero-order valence-electron chi connectivity index (χ0n) is 15.4. The number of hydrogen-bond acceptors (Lipinski definition) is 4. The Morgan fingerprint density at radius 1 is 1.03 bits per heavy atom. The molecule has 1 N–H and O–H groups in total. The van der Waals surface area contributed by atoms with E-state index in [-0.39, 0.29) is 26.7 Å². The maximum atomic E-state index is 14.1. The maximum absolute atomic E-state index is 14.1. The predicted molar refractivity (Wildman–Crippen MR) is 110 cm³/mol. The van der Waals surface area contributed by atoms with E-state index in [1.165, 1.54) is 60.7 Å². The van der Waals surface area contributed by atoms with Gasteiger partial charge in [-0.15, -0.1) is 0 Å². The quantitative estimate of drug-likeness (QED) is 0.537. The molecule has 0 bridgehead atoms. The van der Waals surface area contributed by atoms with Crippen LogP contribution in [-0.2, 0) is 10.0 Å². The second kappa shape index (κ2) is 8.63. The molecule has 150 valence electrons. The fraction of sp³-hybridized carbons (Fsp3) is 0.0952. The van der Waals surface area contributed by atoms with Gasteiger partial charge in [0, 0.05) is 10.6 Å². The highest BCUT2D eigenvalue weighted by molar-refractivity contribution is 7.92. The highest BCUT2D eigenvalue weighted by Gasteiger charge is 2.22. The van der Waals surface area contributed by atoms with Gasteiger partial charge in [-0.05, 0) is 61.5 Å². The molecule has 0 fully saturated rings. The summed E-state index contributed by atoms with van der Waals surface area (Å²) in [6.07, 6.45) is 0. The lowest BCUT2D eigenvalue weighted by Crippen LogP contribution is -2.16. The predicted octanol–water partition coefficient (Wildman–Crippen LogP) is 4.91. The van der Waals surface area contributed by atoms with Crippen molar-refractivity contribution in [1.29, 1.82) is 0 Å². The van der Waals surface area contributed by atoms with Gasteiger partial charge in [0.2, 0.25) is 0 Å². The van der Waals surface area contributed by atoms with E-state index in [9.17, 15) is 17.6 Å². The Morgan fingerprint density at radius 3 is 2.38 bits per heavy atom. The monoisotopic (exact) mass is 433 g/mol. The van der Waals surface area contributed by atoms with Crippen LogP contribution in [0.15, 0.2) is 71.6 Å². The van der Waals surface area contributed by atoms with Crippen LogP contribution in [0.25, 0.3) is 0 Å². The average Bonchev–Trinajstić information content (AvgIpc) is 2.70. The number of hydrogen-bond donors (Lipinski definition) is 1. The largest absolute Gasteiger partial charge is 0.494 e. The maximum Gasteiger partial charge on any atom is 0.261 e. The molecule has 0 unspecified atom stereocenters. The molecule has 0 aromatic heterocycles. The molecular formula is C21H17ClFNO4S. The number of ketones is 1. The van der Waals surface area contributed by atoms with Crippen molar-refractivity contribution in [3.63, 3.8) is 0 Å². The molecule has 0 saturated heterocycles. The van der Waals surface area contributed by atoms with Crippen LogP contribution in [0.1, 0.15) is 22.8 Å². The topological polar surface area (TPSA) is 72.5 Å². The van der Waals surface area contributed by atoms with E-state index in [0.29, 0.717) is 12.4 Å². The van der Waals surface area contributed by atoms with Gasteiger partial charge >= 0.3 is 0 Å². The van der Waals surface area contributed by atoms with E-state index >= 15 is 0 Å². The number of anilines is 1. The molecule has 29 heavy (non-hydrogen) atoms. The lowest BCUT2D eigenvalue weighted by molar-refractivity contribution is 0.103. The molecule has 0 aliphatic rings. The smallest absolute Gasteiger partial charge is 0.261 e. The summed E-state index contributed by atoms with van der Waals surface area (Å²) in [5, 5.41) is 0.216. The van der Waals surface area contributed by atoms with Gasteiger partial charge in [0.25, 0.3) is 10.0 Å². The van der Waals surface area contributed by atoms with Crippen LogP contribution in [-0.4, -0.2) is 20.8 Å². The first-order chi connectivity index (χ1) is 13.8. The number of nitrogens with one attached hydrogen (secondary N) is 1. The minimum absolute atomic E-state index is 0.00321.